The smallest absolute Gasteiger partial charge is 0.254 e. The summed E-state index contributed by atoms with van der Waals surface area (Å²) in [7, 11) is 0. The van der Waals surface area contributed by atoms with Gasteiger partial charge in [-0.2, -0.15) is 0 Å². The number of likely N-dealkylation sites (tertiary alicyclic amines) is 1. The van der Waals surface area contributed by atoms with Crippen LogP contribution in [0.2, 0.25) is 0 Å². The van der Waals surface area contributed by atoms with Crippen molar-refractivity contribution in [3.8, 4) is 0 Å². The number of piperidine rings is 1. The monoisotopic (exact) mass is 339 g/mol. The van der Waals surface area contributed by atoms with E-state index in [1.54, 1.807) is 12.4 Å². The maximum atomic E-state index is 13.1. The summed E-state index contributed by atoms with van der Waals surface area (Å²) in [4.78, 5) is 21.8. The summed E-state index contributed by atoms with van der Waals surface area (Å²) in [5, 5.41) is 2.01. The average molecular weight is 339 g/mol. The quantitative estimate of drug-likeness (QED) is 0.844. The number of fused-ring (bicyclic) bond motifs is 1. The van der Waals surface area contributed by atoms with Gasteiger partial charge >= 0.3 is 0 Å². The fourth-order valence-electron chi connectivity index (χ4n) is 4.08. The largest absolute Gasteiger partial charge is 0.379 e. The van der Waals surface area contributed by atoms with Crippen molar-refractivity contribution in [1.82, 2.24) is 14.8 Å². The topological polar surface area (TPSA) is 45.7 Å². The van der Waals surface area contributed by atoms with Gasteiger partial charge in [-0.3, -0.25) is 14.7 Å². The summed E-state index contributed by atoms with van der Waals surface area (Å²) in [6.45, 7) is 7.59. The maximum absolute atomic E-state index is 13.1. The summed E-state index contributed by atoms with van der Waals surface area (Å²) < 4.78 is 5.48. The molecule has 0 aliphatic carbocycles. The molecule has 4 rings (SSSR count). The van der Waals surface area contributed by atoms with Crippen LogP contribution in [0.3, 0.4) is 0 Å². The van der Waals surface area contributed by atoms with E-state index >= 15 is 0 Å². The molecule has 0 atom stereocenters. The zero-order chi connectivity index (χ0) is 17.3. The van der Waals surface area contributed by atoms with Crippen LogP contribution in [0.1, 0.15) is 30.1 Å². The molecule has 25 heavy (non-hydrogen) atoms. The van der Waals surface area contributed by atoms with E-state index in [1.165, 1.54) is 0 Å². The van der Waals surface area contributed by atoms with Gasteiger partial charge in [0.25, 0.3) is 5.91 Å². The Kier molecular flexibility index (Phi) is 4.44. The molecule has 0 radical (unpaired) electrons. The summed E-state index contributed by atoms with van der Waals surface area (Å²) in [6.07, 6.45) is 5.60. The van der Waals surface area contributed by atoms with Crippen LogP contribution in [0.4, 0.5) is 0 Å². The first-order valence-electron chi connectivity index (χ1n) is 9.12. The fourth-order valence-corrected chi connectivity index (χ4v) is 4.08. The molecule has 5 nitrogen and oxygen atoms in total. The Hall–Kier alpha value is -1.98. The van der Waals surface area contributed by atoms with Crippen molar-refractivity contribution in [2.24, 2.45) is 0 Å². The molecule has 2 fully saturated rings. The fraction of sp³-hybridized carbons (Fsp3) is 0.500. The predicted molar refractivity (Wildman–Crippen MR) is 97.7 cm³/mol. The van der Waals surface area contributed by atoms with E-state index in [2.05, 4.69) is 16.8 Å². The Bertz CT molecular complexity index is 757. The number of amides is 1. The van der Waals surface area contributed by atoms with Crippen LogP contribution >= 0.6 is 0 Å². The van der Waals surface area contributed by atoms with Crippen molar-refractivity contribution in [2.45, 2.75) is 25.3 Å². The Balaban J connectivity index is 1.49. The Morgan fingerprint density at radius 1 is 1.12 bits per heavy atom. The number of aromatic nitrogens is 1. The van der Waals surface area contributed by atoms with E-state index in [0.717, 1.165) is 68.6 Å². The van der Waals surface area contributed by atoms with Gasteiger partial charge in [0.15, 0.2) is 0 Å². The number of morpholine rings is 1. The molecule has 1 aromatic carbocycles. The van der Waals surface area contributed by atoms with Crippen molar-refractivity contribution in [2.75, 3.05) is 39.4 Å². The SMILES string of the molecule is CC1(N2CCOCC2)CCN(C(=O)c2cccc3ccncc23)CC1. The zero-order valence-electron chi connectivity index (χ0n) is 14.8. The molecular formula is C20H25N3O2. The second-order valence-corrected chi connectivity index (χ2v) is 7.29. The minimum Gasteiger partial charge on any atom is -0.379 e. The molecule has 0 bridgehead atoms. The molecule has 0 N–H and O–H groups in total. The number of hydrogen-bond acceptors (Lipinski definition) is 4. The van der Waals surface area contributed by atoms with Crippen molar-refractivity contribution < 1.29 is 9.53 Å². The van der Waals surface area contributed by atoms with Gasteiger partial charge in [-0.25, -0.2) is 0 Å². The number of carbonyl (C=O) groups excluding carboxylic acids is 1. The second-order valence-electron chi connectivity index (χ2n) is 7.29. The minimum absolute atomic E-state index is 0.127. The van der Waals surface area contributed by atoms with Gasteiger partial charge in [0, 0.05) is 55.1 Å². The number of carbonyl (C=O) groups is 1. The van der Waals surface area contributed by atoms with Gasteiger partial charge in [0.2, 0.25) is 0 Å². The van der Waals surface area contributed by atoms with Gasteiger partial charge < -0.3 is 9.64 Å². The summed E-state index contributed by atoms with van der Waals surface area (Å²) >= 11 is 0. The van der Waals surface area contributed by atoms with Gasteiger partial charge in [0.1, 0.15) is 0 Å². The molecule has 2 saturated heterocycles. The van der Waals surface area contributed by atoms with Crippen LogP contribution in [-0.2, 0) is 4.74 Å². The average Bonchev–Trinajstić information content (AvgIpc) is 2.68. The standard InChI is InChI=1S/C20H25N3O2/c1-20(23-11-13-25-14-12-23)6-9-22(10-7-20)19(24)17-4-2-3-16-5-8-21-15-18(16)17/h2-5,8,15H,6-7,9-14H2,1H3. The Labute approximate surface area is 148 Å². The number of hydrogen-bond donors (Lipinski definition) is 0. The third-order valence-electron chi connectivity index (χ3n) is 5.82. The lowest BCUT2D eigenvalue weighted by atomic mass is 9.87. The highest BCUT2D eigenvalue weighted by atomic mass is 16.5. The first-order chi connectivity index (χ1) is 12.2. The first-order valence-corrected chi connectivity index (χ1v) is 9.12. The zero-order valence-corrected chi connectivity index (χ0v) is 14.8. The van der Waals surface area contributed by atoms with Crippen LogP contribution in [0, 0.1) is 0 Å². The van der Waals surface area contributed by atoms with E-state index in [0.29, 0.717) is 0 Å². The summed E-state index contributed by atoms with van der Waals surface area (Å²) in [5.74, 6) is 0.127. The molecular weight excluding hydrogens is 314 g/mol. The summed E-state index contributed by atoms with van der Waals surface area (Å²) in [6, 6.07) is 7.86. The lowest BCUT2D eigenvalue weighted by molar-refractivity contribution is -0.0372. The molecule has 132 valence electrons. The van der Waals surface area contributed by atoms with E-state index in [4.69, 9.17) is 4.74 Å². The molecule has 5 heteroatoms. The minimum atomic E-state index is 0.127. The molecule has 1 aromatic heterocycles. The van der Waals surface area contributed by atoms with E-state index in [9.17, 15) is 4.79 Å². The van der Waals surface area contributed by atoms with E-state index < -0.39 is 0 Å². The molecule has 0 unspecified atom stereocenters. The predicted octanol–water partition coefficient (Wildman–Crippen LogP) is 2.56. The normalized spacial score (nSPS) is 21.4. The molecule has 1 amide bonds. The number of pyridine rings is 1. The number of rotatable bonds is 2. The van der Waals surface area contributed by atoms with Crippen LogP contribution < -0.4 is 0 Å². The second kappa shape index (κ2) is 6.73. The molecule has 2 aliphatic heterocycles. The van der Waals surface area contributed by atoms with E-state index in [1.807, 2.05) is 29.2 Å². The summed E-state index contributed by atoms with van der Waals surface area (Å²) in [5.41, 5.74) is 0.946. The third-order valence-corrected chi connectivity index (χ3v) is 5.82. The molecule has 0 spiro atoms. The van der Waals surface area contributed by atoms with Crippen LogP contribution in [-0.4, -0.2) is 65.6 Å². The van der Waals surface area contributed by atoms with Crippen LogP contribution in [0.25, 0.3) is 10.8 Å². The highest BCUT2D eigenvalue weighted by Gasteiger charge is 2.37. The first kappa shape index (κ1) is 16.5. The van der Waals surface area contributed by atoms with Crippen molar-refractivity contribution in [1.29, 1.82) is 0 Å². The third kappa shape index (κ3) is 3.14. The number of benzene rings is 1. The molecule has 3 heterocycles. The van der Waals surface area contributed by atoms with Gasteiger partial charge in [0.05, 0.1) is 13.2 Å². The van der Waals surface area contributed by atoms with Gasteiger partial charge in [-0.05, 0) is 37.3 Å². The highest BCUT2D eigenvalue weighted by Crippen LogP contribution is 2.30. The maximum Gasteiger partial charge on any atom is 0.254 e. The Morgan fingerprint density at radius 3 is 2.64 bits per heavy atom. The van der Waals surface area contributed by atoms with Crippen molar-refractivity contribution in [3.05, 3.63) is 42.2 Å². The molecule has 2 aromatic rings. The van der Waals surface area contributed by atoms with E-state index in [-0.39, 0.29) is 11.4 Å². The number of ether oxygens (including phenoxy) is 1. The van der Waals surface area contributed by atoms with Gasteiger partial charge in [-0.1, -0.05) is 12.1 Å². The Morgan fingerprint density at radius 2 is 1.88 bits per heavy atom. The molecule has 0 saturated carbocycles. The lowest BCUT2D eigenvalue weighted by Crippen LogP contribution is -2.57. The van der Waals surface area contributed by atoms with Crippen molar-refractivity contribution >= 4 is 16.7 Å². The molecule has 2 aliphatic rings. The highest BCUT2D eigenvalue weighted by molar-refractivity contribution is 6.06. The lowest BCUT2D eigenvalue weighted by Gasteiger charge is -2.48. The van der Waals surface area contributed by atoms with Crippen molar-refractivity contribution in [3.63, 3.8) is 0 Å². The van der Waals surface area contributed by atoms with Gasteiger partial charge in [-0.15, -0.1) is 0 Å². The number of nitrogens with zero attached hydrogens (tertiary/aromatic N) is 3. The van der Waals surface area contributed by atoms with Crippen LogP contribution in [0.5, 0.6) is 0 Å². The van der Waals surface area contributed by atoms with Crippen LogP contribution in [0.15, 0.2) is 36.7 Å².